The van der Waals surface area contributed by atoms with E-state index < -0.39 is 5.97 Å². The Kier molecular flexibility index (Phi) is 4.95. The number of hydrogen-bond acceptors (Lipinski definition) is 3. The molecule has 0 saturated carbocycles. The first-order valence-corrected chi connectivity index (χ1v) is 6.31. The van der Waals surface area contributed by atoms with Gasteiger partial charge in [0.2, 0.25) is 0 Å². The van der Waals surface area contributed by atoms with E-state index in [4.69, 9.17) is 9.84 Å². The van der Waals surface area contributed by atoms with Gasteiger partial charge in [0.1, 0.15) is 5.75 Å². The third-order valence-corrected chi connectivity index (χ3v) is 2.71. The molecule has 0 spiro atoms. The van der Waals surface area contributed by atoms with Crippen LogP contribution in [0.5, 0.6) is 5.75 Å². The number of carboxylic acid groups (broad SMARTS) is 1. The summed E-state index contributed by atoms with van der Waals surface area (Å²) in [4.78, 5) is 13.2. The van der Waals surface area contributed by atoms with E-state index in [1.54, 1.807) is 25.3 Å². The standard InChI is InChI=1S/C15H23NO3/c1-15(2,3)10-16(4)9-12-8-11(14(17)18)6-7-13(12)19-5/h6-8H,9-10H2,1-5H3,(H,17,18). The van der Waals surface area contributed by atoms with E-state index in [1.165, 1.54) is 0 Å². The second kappa shape index (κ2) is 6.06. The topological polar surface area (TPSA) is 49.8 Å². The molecule has 4 nitrogen and oxygen atoms in total. The maximum absolute atomic E-state index is 11.0. The van der Waals surface area contributed by atoms with E-state index in [0.717, 1.165) is 17.9 Å². The van der Waals surface area contributed by atoms with E-state index in [9.17, 15) is 4.79 Å². The minimum absolute atomic E-state index is 0.201. The second-order valence-electron chi connectivity index (χ2n) is 6.06. The molecule has 1 N–H and O–H groups in total. The van der Waals surface area contributed by atoms with Crippen molar-refractivity contribution in [3.8, 4) is 5.75 Å². The third kappa shape index (κ3) is 4.91. The molecular formula is C15H23NO3. The average molecular weight is 265 g/mol. The Morgan fingerprint density at radius 1 is 1.37 bits per heavy atom. The number of nitrogens with zero attached hydrogens (tertiary/aromatic N) is 1. The fraction of sp³-hybridized carbons (Fsp3) is 0.533. The van der Waals surface area contributed by atoms with E-state index in [1.807, 2.05) is 7.05 Å². The smallest absolute Gasteiger partial charge is 0.335 e. The van der Waals surface area contributed by atoms with Gasteiger partial charge >= 0.3 is 5.97 Å². The van der Waals surface area contributed by atoms with Gasteiger partial charge in [-0.25, -0.2) is 4.79 Å². The zero-order valence-corrected chi connectivity index (χ0v) is 12.4. The van der Waals surface area contributed by atoms with Crippen molar-refractivity contribution in [2.24, 2.45) is 5.41 Å². The molecule has 19 heavy (non-hydrogen) atoms. The third-order valence-electron chi connectivity index (χ3n) is 2.71. The summed E-state index contributed by atoms with van der Waals surface area (Å²) in [6.07, 6.45) is 0. The molecule has 0 aliphatic heterocycles. The Morgan fingerprint density at radius 2 is 2.00 bits per heavy atom. The Morgan fingerprint density at radius 3 is 2.47 bits per heavy atom. The molecule has 0 bridgehead atoms. The average Bonchev–Trinajstić information content (AvgIpc) is 2.26. The number of aromatic carboxylic acids is 1. The molecule has 0 radical (unpaired) electrons. The molecule has 0 aliphatic carbocycles. The second-order valence-corrected chi connectivity index (χ2v) is 6.06. The predicted molar refractivity (Wildman–Crippen MR) is 75.7 cm³/mol. The molecule has 106 valence electrons. The highest BCUT2D eigenvalue weighted by Crippen LogP contribution is 2.23. The summed E-state index contributed by atoms with van der Waals surface area (Å²) in [5.41, 5.74) is 1.39. The van der Waals surface area contributed by atoms with Crippen molar-refractivity contribution in [1.29, 1.82) is 0 Å². The number of hydrogen-bond donors (Lipinski definition) is 1. The van der Waals surface area contributed by atoms with Crippen LogP contribution < -0.4 is 4.74 Å². The molecular weight excluding hydrogens is 242 g/mol. The van der Waals surface area contributed by atoms with Crippen LogP contribution in [0.2, 0.25) is 0 Å². The largest absolute Gasteiger partial charge is 0.496 e. The number of carbonyl (C=O) groups is 1. The van der Waals surface area contributed by atoms with Crippen molar-refractivity contribution in [1.82, 2.24) is 4.90 Å². The molecule has 1 rings (SSSR count). The van der Waals surface area contributed by atoms with E-state index in [2.05, 4.69) is 25.7 Å². The highest BCUT2D eigenvalue weighted by atomic mass is 16.5. The lowest BCUT2D eigenvalue weighted by molar-refractivity contribution is 0.0696. The van der Waals surface area contributed by atoms with Gasteiger partial charge in [0.15, 0.2) is 0 Å². The monoisotopic (exact) mass is 265 g/mol. The molecule has 0 aromatic heterocycles. The van der Waals surface area contributed by atoms with Crippen LogP contribution in [-0.2, 0) is 6.54 Å². The van der Waals surface area contributed by atoms with Gasteiger partial charge in [-0.05, 0) is 30.7 Å². The van der Waals surface area contributed by atoms with E-state index >= 15 is 0 Å². The number of rotatable bonds is 5. The van der Waals surface area contributed by atoms with Crippen molar-refractivity contribution < 1.29 is 14.6 Å². The van der Waals surface area contributed by atoms with Gasteiger partial charge in [0.25, 0.3) is 0 Å². The van der Waals surface area contributed by atoms with Gasteiger partial charge in [0, 0.05) is 18.7 Å². The molecule has 0 atom stereocenters. The van der Waals surface area contributed by atoms with Gasteiger partial charge < -0.3 is 14.7 Å². The van der Waals surface area contributed by atoms with Gasteiger partial charge in [-0.15, -0.1) is 0 Å². The van der Waals surface area contributed by atoms with Gasteiger partial charge in [0.05, 0.1) is 12.7 Å². The summed E-state index contributed by atoms with van der Waals surface area (Å²) in [7, 11) is 3.63. The summed E-state index contributed by atoms with van der Waals surface area (Å²) in [6, 6.07) is 4.96. The zero-order chi connectivity index (χ0) is 14.6. The summed E-state index contributed by atoms with van der Waals surface area (Å²) < 4.78 is 5.29. The van der Waals surface area contributed by atoms with Crippen LogP contribution in [-0.4, -0.2) is 36.7 Å². The SMILES string of the molecule is COc1ccc(C(=O)O)cc1CN(C)CC(C)(C)C. The van der Waals surface area contributed by atoms with Crippen molar-refractivity contribution in [3.63, 3.8) is 0 Å². The van der Waals surface area contributed by atoms with Crippen LogP contribution in [0.4, 0.5) is 0 Å². The maximum Gasteiger partial charge on any atom is 0.335 e. The Bertz CT molecular complexity index is 449. The Labute approximate surface area is 115 Å². The maximum atomic E-state index is 11.0. The van der Waals surface area contributed by atoms with Crippen LogP contribution in [0, 0.1) is 5.41 Å². The molecule has 0 unspecified atom stereocenters. The van der Waals surface area contributed by atoms with Crippen LogP contribution in [0.15, 0.2) is 18.2 Å². The first-order valence-electron chi connectivity index (χ1n) is 6.31. The van der Waals surface area contributed by atoms with Crippen LogP contribution in [0.25, 0.3) is 0 Å². The van der Waals surface area contributed by atoms with Gasteiger partial charge in [-0.3, -0.25) is 0 Å². The molecule has 0 saturated heterocycles. The predicted octanol–water partition coefficient (Wildman–Crippen LogP) is 2.87. The van der Waals surface area contributed by atoms with Crippen LogP contribution in [0.3, 0.4) is 0 Å². The van der Waals surface area contributed by atoms with Crippen LogP contribution >= 0.6 is 0 Å². The lowest BCUT2D eigenvalue weighted by Gasteiger charge is -2.27. The minimum Gasteiger partial charge on any atom is -0.496 e. The van der Waals surface area contributed by atoms with E-state index in [0.29, 0.717) is 12.1 Å². The fourth-order valence-corrected chi connectivity index (χ4v) is 2.19. The number of benzene rings is 1. The Hall–Kier alpha value is -1.55. The van der Waals surface area contributed by atoms with Crippen LogP contribution in [0.1, 0.15) is 36.7 Å². The summed E-state index contributed by atoms with van der Waals surface area (Å²) >= 11 is 0. The molecule has 1 aromatic rings. The normalized spacial score (nSPS) is 11.7. The zero-order valence-electron chi connectivity index (χ0n) is 12.4. The van der Waals surface area contributed by atoms with Crippen molar-refractivity contribution in [2.75, 3.05) is 20.7 Å². The molecule has 4 heteroatoms. The van der Waals surface area contributed by atoms with Gasteiger partial charge in [-0.2, -0.15) is 0 Å². The van der Waals surface area contributed by atoms with Gasteiger partial charge in [-0.1, -0.05) is 20.8 Å². The summed E-state index contributed by atoms with van der Waals surface area (Å²) in [6.45, 7) is 8.12. The first kappa shape index (κ1) is 15.5. The highest BCUT2D eigenvalue weighted by Gasteiger charge is 2.16. The van der Waals surface area contributed by atoms with Crippen molar-refractivity contribution in [3.05, 3.63) is 29.3 Å². The fourth-order valence-electron chi connectivity index (χ4n) is 2.19. The number of ether oxygens (including phenoxy) is 1. The number of carboxylic acids is 1. The molecule has 0 aliphatic rings. The first-order chi connectivity index (χ1) is 8.73. The quantitative estimate of drug-likeness (QED) is 0.889. The summed E-state index contributed by atoms with van der Waals surface area (Å²) in [5, 5.41) is 9.04. The molecule has 1 aromatic carbocycles. The summed E-state index contributed by atoms with van der Waals surface area (Å²) in [5.74, 6) is -0.187. The Balaban J connectivity index is 2.91. The van der Waals surface area contributed by atoms with Crippen molar-refractivity contribution >= 4 is 5.97 Å². The number of methoxy groups -OCH3 is 1. The lowest BCUT2D eigenvalue weighted by Crippen LogP contribution is -2.29. The van der Waals surface area contributed by atoms with E-state index in [-0.39, 0.29) is 5.41 Å². The molecule has 0 heterocycles. The lowest BCUT2D eigenvalue weighted by atomic mass is 9.96. The minimum atomic E-state index is -0.914. The molecule has 0 fully saturated rings. The van der Waals surface area contributed by atoms with Crippen molar-refractivity contribution in [2.45, 2.75) is 27.3 Å². The molecule has 0 amide bonds. The highest BCUT2D eigenvalue weighted by molar-refractivity contribution is 5.88.